The van der Waals surface area contributed by atoms with Crippen LogP contribution in [0.2, 0.25) is 0 Å². The van der Waals surface area contributed by atoms with E-state index in [1.165, 1.54) is 13.3 Å². The van der Waals surface area contributed by atoms with Crippen molar-refractivity contribution in [1.29, 1.82) is 0 Å². The molecule has 2 N–H and O–H groups in total. The Bertz CT molecular complexity index is 1100. The molecule has 0 bridgehead atoms. The summed E-state index contributed by atoms with van der Waals surface area (Å²) < 4.78 is 18.3. The lowest BCUT2D eigenvalue weighted by molar-refractivity contribution is -0.216. The van der Waals surface area contributed by atoms with Gasteiger partial charge in [0.1, 0.15) is 6.10 Å². The Morgan fingerprint density at radius 3 is 2.32 bits per heavy atom. The van der Waals surface area contributed by atoms with Gasteiger partial charge in [-0.1, -0.05) is 27.7 Å². The van der Waals surface area contributed by atoms with Gasteiger partial charge in [0.15, 0.2) is 0 Å². The fraction of sp³-hybridized carbons (Fsp3) is 0.941. The summed E-state index contributed by atoms with van der Waals surface area (Å²) in [4.78, 5) is 23.6. The lowest BCUT2D eigenvalue weighted by atomic mass is 9.40. The van der Waals surface area contributed by atoms with E-state index in [4.69, 9.17) is 14.2 Å². The summed E-state index contributed by atoms with van der Waals surface area (Å²) in [5, 5.41) is 22.7. The van der Waals surface area contributed by atoms with E-state index in [9.17, 15) is 19.8 Å². The average Bonchev–Trinajstić information content (AvgIpc) is 3.20. The van der Waals surface area contributed by atoms with Gasteiger partial charge in [0.25, 0.3) is 6.47 Å². The molecule has 0 aromatic heterocycles. The van der Waals surface area contributed by atoms with Crippen LogP contribution >= 0.6 is 0 Å². The van der Waals surface area contributed by atoms with E-state index in [1.807, 2.05) is 13.8 Å². The second kappa shape index (κ2) is 8.94. The number of esters is 1. The van der Waals surface area contributed by atoms with E-state index in [0.717, 1.165) is 51.4 Å². The summed E-state index contributed by atoms with van der Waals surface area (Å²) in [6, 6.07) is 0. The molecule has 12 atom stereocenters. The van der Waals surface area contributed by atoms with Gasteiger partial charge in [-0.05, 0) is 117 Å². The Morgan fingerprint density at radius 1 is 1.00 bits per heavy atom. The Hall–Kier alpha value is -1.18. The summed E-state index contributed by atoms with van der Waals surface area (Å²) in [6.45, 7) is 17.8. The number of hydrogen-bond acceptors (Lipinski definition) is 7. The van der Waals surface area contributed by atoms with Crippen molar-refractivity contribution in [3.05, 3.63) is 0 Å². The van der Waals surface area contributed by atoms with Crippen molar-refractivity contribution in [2.45, 2.75) is 143 Å². The van der Waals surface area contributed by atoms with Crippen molar-refractivity contribution in [2.24, 2.45) is 50.7 Å². The van der Waals surface area contributed by atoms with Crippen LogP contribution < -0.4 is 0 Å². The van der Waals surface area contributed by atoms with Crippen LogP contribution in [0.25, 0.3) is 0 Å². The van der Waals surface area contributed by atoms with Gasteiger partial charge < -0.3 is 24.4 Å². The molecule has 0 aromatic carbocycles. The number of aliphatic hydroxyl groups excluding tert-OH is 1. The molecule has 41 heavy (non-hydrogen) atoms. The zero-order valence-corrected chi connectivity index (χ0v) is 26.6. The molecule has 6 fully saturated rings. The van der Waals surface area contributed by atoms with Crippen molar-refractivity contribution in [1.82, 2.24) is 0 Å². The van der Waals surface area contributed by atoms with Gasteiger partial charge in [0.05, 0.1) is 30.0 Å². The van der Waals surface area contributed by atoms with Gasteiger partial charge >= 0.3 is 5.97 Å². The first-order valence-corrected chi connectivity index (χ1v) is 16.2. The maximum absolute atomic E-state index is 12.6. The second-order valence-corrected chi connectivity index (χ2v) is 17.1. The van der Waals surface area contributed by atoms with Gasteiger partial charge in [0, 0.05) is 18.8 Å². The predicted octanol–water partition coefficient (Wildman–Crippen LogP) is 5.44. The van der Waals surface area contributed by atoms with Crippen molar-refractivity contribution < 1.29 is 34.0 Å². The monoisotopic (exact) mass is 574 g/mol. The molecule has 2 spiro atoms. The number of ether oxygens (including phenoxy) is 3. The van der Waals surface area contributed by atoms with Gasteiger partial charge in [-0.3, -0.25) is 9.59 Å². The van der Waals surface area contributed by atoms with Crippen molar-refractivity contribution >= 4 is 12.4 Å². The highest BCUT2D eigenvalue weighted by Gasteiger charge is 2.85. The molecular formula is C34H54O7. The molecule has 1 aliphatic heterocycles. The fourth-order valence-corrected chi connectivity index (χ4v) is 13.0. The van der Waals surface area contributed by atoms with E-state index in [2.05, 4.69) is 34.6 Å². The highest BCUT2D eigenvalue weighted by Crippen LogP contribution is 2.89. The lowest BCUT2D eigenvalue weighted by Crippen LogP contribution is -2.62. The smallest absolute Gasteiger partial charge is 0.302 e. The molecule has 7 nitrogen and oxygen atoms in total. The van der Waals surface area contributed by atoms with Crippen molar-refractivity contribution in [3.8, 4) is 0 Å². The van der Waals surface area contributed by atoms with E-state index in [0.29, 0.717) is 19.0 Å². The zero-order valence-electron chi connectivity index (χ0n) is 26.6. The normalized spacial score (nSPS) is 53.4. The maximum atomic E-state index is 12.6. The first-order chi connectivity index (χ1) is 18.9. The summed E-state index contributed by atoms with van der Waals surface area (Å²) >= 11 is 0. The van der Waals surface area contributed by atoms with Gasteiger partial charge in [0.2, 0.25) is 0 Å². The summed E-state index contributed by atoms with van der Waals surface area (Å²) in [6.07, 6.45) is 7.75. The predicted molar refractivity (Wildman–Crippen MR) is 154 cm³/mol. The Balaban J connectivity index is 1.37. The molecule has 7 heteroatoms. The highest BCUT2D eigenvalue weighted by atomic mass is 16.5. The standard InChI is InChI=1S/C34H54O7/c1-20(36)40-23-15-24-31(7)16-22(37)26(32(8)11-10-25(41-32)29(4,5)38)30(31,6)13-14-33(24)18-34(33)12-9-21(17-39-19-35)28(2,3)27(23)34/h19,21-27,37-38H,9-18H2,1-8H3/t21-,22+,23+,24+,25+,26+,27+,30-,31+,32-,33+,34-/m1/s1. The summed E-state index contributed by atoms with van der Waals surface area (Å²) in [5.41, 5.74) is -1.49. The number of fused-ring (bicyclic) bond motifs is 2. The molecule has 232 valence electrons. The third kappa shape index (κ3) is 3.79. The number of carbonyl (C=O) groups excluding carboxylic acids is 2. The van der Waals surface area contributed by atoms with Crippen LogP contribution in [0.5, 0.6) is 0 Å². The van der Waals surface area contributed by atoms with Crippen molar-refractivity contribution in [3.63, 3.8) is 0 Å². The zero-order chi connectivity index (χ0) is 30.0. The second-order valence-electron chi connectivity index (χ2n) is 17.1. The number of hydrogen-bond donors (Lipinski definition) is 2. The number of carbonyl (C=O) groups is 2. The summed E-state index contributed by atoms with van der Waals surface area (Å²) in [7, 11) is 0. The Morgan fingerprint density at radius 2 is 1.71 bits per heavy atom. The van der Waals surface area contributed by atoms with E-state index < -0.39 is 17.3 Å². The minimum absolute atomic E-state index is 0.0167. The minimum atomic E-state index is -0.916. The fourth-order valence-electron chi connectivity index (χ4n) is 13.0. The van der Waals surface area contributed by atoms with Crippen molar-refractivity contribution in [2.75, 3.05) is 6.61 Å². The van der Waals surface area contributed by atoms with Gasteiger partial charge in [-0.2, -0.15) is 0 Å². The molecule has 5 saturated carbocycles. The van der Waals surface area contributed by atoms with Crippen LogP contribution in [0, 0.1) is 50.7 Å². The number of rotatable bonds is 6. The third-order valence-electron chi connectivity index (χ3n) is 14.7. The van der Waals surface area contributed by atoms with Crippen LogP contribution in [0.15, 0.2) is 0 Å². The molecule has 1 saturated heterocycles. The maximum Gasteiger partial charge on any atom is 0.302 e. The molecule has 6 rings (SSSR count). The molecular weight excluding hydrogens is 520 g/mol. The van der Waals surface area contributed by atoms with Crippen LogP contribution in [0.4, 0.5) is 0 Å². The third-order valence-corrected chi connectivity index (χ3v) is 14.7. The molecule has 6 aliphatic rings. The average molecular weight is 575 g/mol. The molecule has 5 aliphatic carbocycles. The molecule has 0 aromatic rings. The highest BCUT2D eigenvalue weighted by molar-refractivity contribution is 5.66. The minimum Gasteiger partial charge on any atom is -0.468 e. The van der Waals surface area contributed by atoms with Crippen LogP contribution in [0.1, 0.15) is 113 Å². The van der Waals surface area contributed by atoms with E-state index in [1.54, 1.807) is 0 Å². The molecule has 0 unspecified atom stereocenters. The largest absolute Gasteiger partial charge is 0.468 e. The number of aliphatic hydroxyl groups is 2. The van der Waals surface area contributed by atoms with Gasteiger partial charge in [-0.25, -0.2) is 0 Å². The van der Waals surface area contributed by atoms with Gasteiger partial charge in [-0.15, -0.1) is 0 Å². The van der Waals surface area contributed by atoms with Crippen LogP contribution in [0.3, 0.4) is 0 Å². The van der Waals surface area contributed by atoms with Crippen LogP contribution in [-0.4, -0.2) is 58.8 Å². The quantitative estimate of drug-likeness (QED) is 0.322. The van der Waals surface area contributed by atoms with Crippen LogP contribution in [-0.2, 0) is 23.8 Å². The first-order valence-electron chi connectivity index (χ1n) is 16.2. The van der Waals surface area contributed by atoms with E-state index >= 15 is 0 Å². The SMILES string of the molecule is CC(=O)O[C@H]1C[C@@H]2[C@]3(CC[C@]4(C)[C@@H]([C@@]5(C)CC[C@@H](C(C)(C)O)O5)[C@@H](O)C[C@@]24C)C[C@@]32CC[C@H](COC=O)C(C)(C)[C@H]12. The topological polar surface area (TPSA) is 102 Å². The lowest BCUT2D eigenvalue weighted by Gasteiger charge is -2.65. The summed E-state index contributed by atoms with van der Waals surface area (Å²) in [5.74, 6) is 0.570. The molecule has 1 heterocycles. The Kier molecular flexibility index (Phi) is 6.51. The first kappa shape index (κ1) is 29.9. The van der Waals surface area contributed by atoms with E-state index in [-0.39, 0.29) is 63.0 Å². The Labute approximate surface area is 246 Å². The molecule has 0 amide bonds. The molecule has 0 radical (unpaired) electrons.